The van der Waals surface area contributed by atoms with Crippen LogP contribution in [-0.4, -0.2) is 23.8 Å². The van der Waals surface area contributed by atoms with Gasteiger partial charge in [0, 0.05) is 11.4 Å². The molecule has 0 aliphatic heterocycles. The molecule has 0 N–H and O–H groups in total. The molecule has 4 nitrogen and oxygen atoms in total. The van der Waals surface area contributed by atoms with Crippen molar-refractivity contribution in [1.82, 2.24) is 4.57 Å². The lowest BCUT2D eigenvalue weighted by molar-refractivity contribution is -0.117. The van der Waals surface area contributed by atoms with E-state index in [4.69, 9.17) is 4.74 Å². The number of ether oxygens (including phenoxy) is 1. The summed E-state index contributed by atoms with van der Waals surface area (Å²) < 4.78 is 8.39. The van der Waals surface area contributed by atoms with Crippen LogP contribution < -0.4 is 9.54 Å². The molecule has 0 radical (unpaired) electrons. The molecular weight excluding hydrogens is 352 g/mol. The van der Waals surface area contributed by atoms with Crippen LogP contribution in [0.25, 0.3) is 10.2 Å². The molecule has 0 saturated carbocycles. The first-order chi connectivity index (χ1) is 12.1. The number of aromatic nitrogens is 1. The molecule has 0 bridgehead atoms. The second kappa shape index (κ2) is 7.89. The third kappa shape index (κ3) is 3.96. The number of hydrogen-bond acceptors (Lipinski definition) is 4. The van der Waals surface area contributed by atoms with E-state index >= 15 is 0 Å². The van der Waals surface area contributed by atoms with Gasteiger partial charge in [-0.1, -0.05) is 23.5 Å². The molecule has 1 aromatic heterocycles. The number of amides is 1. The van der Waals surface area contributed by atoms with Crippen LogP contribution in [0.1, 0.15) is 12.5 Å². The van der Waals surface area contributed by atoms with Gasteiger partial charge >= 0.3 is 0 Å². The van der Waals surface area contributed by atoms with Crippen LogP contribution in [0, 0.1) is 0 Å². The summed E-state index contributed by atoms with van der Waals surface area (Å²) in [6.07, 6.45) is 2.35. The first kappa shape index (κ1) is 17.8. The highest BCUT2D eigenvalue weighted by Crippen LogP contribution is 2.24. The van der Waals surface area contributed by atoms with E-state index < -0.39 is 0 Å². The van der Waals surface area contributed by atoms with Gasteiger partial charge in [0.1, 0.15) is 5.75 Å². The molecule has 3 rings (SSSR count). The quantitative estimate of drug-likeness (QED) is 0.633. The average Bonchev–Trinajstić information content (AvgIpc) is 2.97. The largest absolute Gasteiger partial charge is 0.497 e. The van der Waals surface area contributed by atoms with Crippen LogP contribution >= 0.6 is 23.1 Å². The van der Waals surface area contributed by atoms with Crippen LogP contribution in [0.2, 0.25) is 0 Å². The van der Waals surface area contributed by atoms with E-state index in [2.05, 4.69) is 40.9 Å². The van der Waals surface area contributed by atoms with E-state index in [9.17, 15) is 4.79 Å². The van der Waals surface area contributed by atoms with Crippen LogP contribution in [0.5, 0.6) is 5.75 Å². The zero-order valence-corrected chi connectivity index (χ0v) is 16.1. The monoisotopic (exact) mass is 372 g/mol. The molecule has 1 amide bonds. The maximum absolute atomic E-state index is 12.4. The molecule has 130 valence electrons. The number of hydrogen-bond donors (Lipinski definition) is 0. The number of thioether (sulfide) groups is 1. The van der Waals surface area contributed by atoms with E-state index in [0.29, 0.717) is 0 Å². The fraction of sp³-hybridized carbons (Fsp3) is 0.263. The molecule has 3 aromatic rings. The van der Waals surface area contributed by atoms with Crippen molar-refractivity contribution in [3.63, 3.8) is 0 Å². The van der Waals surface area contributed by atoms with Gasteiger partial charge in [-0.25, -0.2) is 0 Å². The summed E-state index contributed by atoms with van der Waals surface area (Å²) in [5.41, 5.74) is 2.06. The van der Waals surface area contributed by atoms with Crippen molar-refractivity contribution in [2.24, 2.45) is 4.99 Å². The molecule has 6 heteroatoms. The number of rotatable bonds is 5. The number of carbonyl (C=O) groups excluding carboxylic acids is 1. The van der Waals surface area contributed by atoms with E-state index in [1.54, 1.807) is 30.2 Å². The highest BCUT2D eigenvalue weighted by Gasteiger charge is 2.08. The maximum atomic E-state index is 12.4. The van der Waals surface area contributed by atoms with E-state index in [1.165, 1.54) is 4.90 Å². The predicted octanol–water partition coefficient (Wildman–Crippen LogP) is 4.12. The molecule has 0 fully saturated rings. The third-order valence-electron chi connectivity index (χ3n) is 3.94. The lowest BCUT2D eigenvalue weighted by Gasteiger charge is -2.02. The second-order valence-corrected chi connectivity index (χ2v) is 7.38. The Morgan fingerprint density at radius 2 is 2.00 bits per heavy atom. The molecule has 0 unspecified atom stereocenters. The summed E-state index contributed by atoms with van der Waals surface area (Å²) in [6, 6.07) is 13.9. The molecule has 1 heterocycles. The first-order valence-corrected chi connectivity index (χ1v) is 10.1. The Bertz CT molecular complexity index is 956. The summed E-state index contributed by atoms with van der Waals surface area (Å²) in [6.45, 7) is 2.86. The highest BCUT2D eigenvalue weighted by atomic mass is 32.2. The van der Waals surface area contributed by atoms with Gasteiger partial charge in [0.15, 0.2) is 4.80 Å². The van der Waals surface area contributed by atoms with E-state index in [0.717, 1.165) is 32.9 Å². The van der Waals surface area contributed by atoms with Gasteiger partial charge in [-0.05, 0) is 49.1 Å². The Morgan fingerprint density at radius 3 is 2.64 bits per heavy atom. The lowest BCUT2D eigenvalue weighted by atomic mass is 10.1. The maximum Gasteiger partial charge on any atom is 0.252 e. The summed E-state index contributed by atoms with van der Waals surface area (Å²) in [4.78, 5) is 18.7. The molecule has 0 aliphatic rings. The van der Waals surface area contributed by atoms with Crippen LogP contribution in [0.15, 0.2) is 52.4 Å². The molecule has 0 spiro atoms. The molecule has 0 atom stereocenters. The third-order valence-corrected chi connectivity index (χ3v) is 5.71. The van der Waals surface area contributed by atoms with E-state index in [-0.39, 0.29) is 12.3 Å². The van der Waals surface area contributed by atoms with Gasteiger partial charge in [-0.3, -0.25) is 4.79 Å². The smallest absolute Gasteiger partial charge is 0.252 e. The number of benzene rings is 2. The fourth-order valence-electron chi connectivity index (χ4n) is 2.64. The SMILES string of the molecule is CCn1c(=NC(=O)Cc2ccc(OC)cc2)sc2cc(SC)ccc21. The highest BCUT2D eigenvalue weighted by molar-refractivity contribution is 7.98. The van der Waals surface area contributed by atoms with Crippen LogP contribution in [0.4, 0.5) is 0 Å². The van der Waals surface area contributed by atoms with Crippen molar-refractivity contribution in [3.05, 3.63) is 52.8 Å². The summed E-state index contributed by atoms with van der Waals surface area (Å²) in [5.74, 6) is 0.648. The van der Waals surface area contributed by atoms with Crippen molar-refractivity contribution in [2.75, 3.05) is 13.4 Å². The minimum absolute atomic E-state index is 0.135. The second-order valence-electron chi connectivity index (χ2n) is 5.49. The number of methoxy groups -OCH3 is 1. The van der Waals surface area contributed by atoms with Crippen molar-refractivity contribution < 1.29 is 9.53 Å². The number of fused-ring (bicyclic) bond motifs is 1. The Balaban J connectivity index is 1.92. The van der Waals surface area contributed by atoms with Gasteiger partial charge < -0.3 is 9.30 Å². The van der Waals surface area contributed by atoms with Gasteiger partial charge in [-0.2, -0.15) is 4.99 Å². The average molecular weight is 373 g/mol. The van der Waals surface area contributed by atoms with Gasteiger partial charge in [0.05, 0.1) is 23.7 Å². The van der Waals surface area contributed by atoms with Crippen molar-refractivity contribution >= 4 is 39.2 Å². The van der Waals surface area contributed by atoms with Crippen molar-refractivity contribution in [3.8, 4) is 5.75 Å². The van der Waals surface area contributed by atoms with Gasteiger partial charge in [0.25, 0.3) is 5.91 Å². The lowest BCUT2D eigenvalue weighted by Crippen LogP contribution is -2.16. The van der Waals surface area contributed by atoms with Crippen LogP contribution in [-0.2, 0) is 17.8 Å². The van der Waals surface area contributed by atoms with Crippen molar-refractivity contribution in [2.45, 2.75) is 24.8 Å². The normalized spacial score (nSPS) is 11.9. The van der Waals surface area contributed by atoms with E-state index in [1.807, 2.05) is 24.3 Å². The summed E-state index contributed by atoms with van der Waals surface area (Å²) in [5, 5.41) is 0. The number of thiazole rings is 1. The van der Waals surface area contributed by atoms with Crippen molar-refractivity contribution in [1.29, 1.82) is 0 Å². The Morgan fingerprint density at radius 1 is 1.24 bits per heavy atom. The van der Waals surface area contributed by atoms with Gasteiger partial charge in [-0.15, -0.1) is 11.8 Å². The zero-order valence-electron chi connectivity index (χ0n) is 14.5. The van der Waals surface area contributed by atoms with Crippen LogP contribution in [0.3, 0.4) is 0 Å². The predicted molar refractivity (Wildman–Crippen MR) is 105 cm³/mol. The molecule has 2 aromatic carbocycles. The fourth-order valence-corrected chi connectivity index (χ4v) is 4.30. The molecular formula is C19H20N2O2S2. The topological polar surface area (TPSA) is 43.6 Å². The Hall–Kier alpha value is -2.05. The molecule has 0 saturated heterocycles. The Labute approximate surface area is 155 Å². The number of carbonyl (C=O) groups is 1. The first-order valence-electron chi connectivity index (χ1n) is 8.02. The Kier molecular flexibility index (Phi) is 5.60. The minimum Gasteiger partial charge on any atom is -0.497 e. The standard InChI is InChI=1S/C19H20N2O2S2/c1-4-21-16-10-9-15(24-3)12-17(16)25-19(21)20-18(22)11-13-5-7-14(23-2)8-6-13/h5-10,12H,4,11H2,1-3H3. The number of nitrogens with zero attached hydrogens (tertiary/aromatic N) is 2. The summed E-state index contributed by atoms with van der Waals surface area (Å²) in [7, 11) is 1.63. The molecule has 25 heavy (non-hydrogen) atoms. The molecule has 0 aliphatic carbocycles. The summed E-state index contributed by atoms with van der Waals surface area (Å²) >= 11 is 3.28. The minimum atomic E-state index is -0.135. The van der Waals surface area contributed by atoms with Gasteiger partial charge in [0.2, 0.25) is 0 Å². The zero-order chi connectivity index (χ0) is 17.8. The number of aryl methyl sites for hydroxylation is 1.